The first-order chi connectivity index (χ1) is 27.5. The zero-order valence-electron chi connectivity index (χ0n) is 32.0. The summed E-state index contributed by atoms with van der Waals surface area (Å²) in [6, 6.07) is 29.3. The Balaban J connectivity index is 0.988. The van der Waals surface area contributed by atoms with Gasteiger partial charge in [-0.2, -0.15) is 0 Å². The summed E-state index contributed by atoms with van der Waals surface area (Å²) in [6.45, 7) is 4.10. The molecule has 1 aliphatic rings. The summed E-state index contributed by atoms with van der Waals surface area (Å²) < 4.78 is 43.4. The molecule has 0 amide bonds. The van der Waals surface area contributed by atoms with Crippen LogP contribution in [0.3, 0.4) is 0 Å². The van der Waals surface area contributed by atoms with E-state index < -0.39 is 0 Å². The molecule has 56 heavy (non-hydrogen) atoms. The third kappa shape index (κ3) is 14.6. The molecule has 292 valence electrons. The lowest BCUT2D eigenvalue weighted by molar-refractivity contribution is -0.145. The second-order valence-electron chi connectivity index (χ2n) is 12.9. The average molecular weight is 761 g/mol. The Morgan fingerprint density at radius 2 is 0.714 bits per heavy atom. The summed E-state index contributed by atoms with van der Waals surface area (Å²) in [7, 11) is 3.28. The number of hydrogen-bond donors (Lipinski definition) is 0. The topological polar surface area (TPSA) is 108 Å². The van der Waals surface area contributed by atoms with E-state index in [2.05, 4.69) is 23.7 Å². The first kappa shape index (κ1) is 41.5. The van der Waals surface area contributed by atoms with Crippen LogP contribution in [0.1, 0.15) is 47.9 Å². The quantitative estimate of drug-likeness (QED) is 0.0461. The van der Waals surface area contributed by atoms with E-state index in [0.29, 0.717) is 90.0 Å². The molecule has 0 unspecified atom stereocenters. The van der Waals surface area contributed by atoms with Gasteiger partial charge in [-0.05, 0) is 123 Å². The van der Waals surface area contributed by atoms with Gasteiger partial charge >= 0.3 is 11.9 Å². The molecule has 1 aliphatic carbocycles. The highest BCUT2D eigenvalue weighted by Gasteiger charge is 2.32. The lowest BCUT2D eigenvalue weighted by atomic mass is 9.82. The van der Waals surface area contributed by atoms with Gasteiger partial charge in [0.05, 0.1) is 51.5 Å². The van der Waals surface area contributed by atoms with E-state index in [9.17, 15) is 9.59 Å². The number of benzene rings is 4. The lowest BCUT2D eigenvalue weighted by Gasteiger charge is -2.25. The van der Waals surface area contributed by atoms with Gasteiger partial charge in [-0.25, -0.2) is 0 Å². The maximum atomic E-state index is 12.9. The maximum absolute atomic E-state index is 12.9. The van der Waals surface area contributed by atoms with Gasteiger partial charge in [0.2, 0.25) is 0 Å². The fourth-order valence-electron chi connectivity index (χ4n) is 5.66. The van der Waals surface area contributed by atoms with E-state index in [1.165, 1.54) is 0 Å². The zero-order valence-corrected chi connectivity index (χ0v) is 32.0. The molecule has 0 spiro atoms. The van der Waals surface area contributed by atoms with Crippen molar-refractivity contribution >= 4 is 11.9 Å². The summed E-state index contributed by atoms with van der Waals surface area (Å²) in [6.07, 6.45) is 2.22. The van der Waals surface area contributed by atoms with Crippen LogP contribution in [0.5, 0.6) is 23.0 Å². The largest absolute Gasteiger partial charge is 0.491 e. The van der Waals surface area contributed by atoms with Crippen LogP contribution in [0, 0.1) is 35.5 Å². The van der Waals surface area contributed by atoms with Crippen molar-refractivity contribution in [3.63, 3.8) is 0 Å². The van der Waals surface area contributed by atoms with Crippen LogP contribution in [0.4, 0.5) is 0 Å². The number of carbonyl (C=O) groups is 2. The van der Waals surface area contributed by atoms with E-state index in [1.807, 2.05) is 72.8 Å². The van der Waals surface area contributed by atoms with Crippen molar-refractivity contribution in [1.82, 2.24) is 0 Å². The van der Waals surface area contributed by atoms with Crippen molar-refractivity contribution in [1.29, 1.82) is 0 Å². The minimum Gasteiger partial charge on any atom is -0.491 e. The monoisotopic (exact) mass is 760 g/mol. The van der Waals surface area contributed by atoms with Crippen molar-refractivity contribution in [2.75, 3.05) is 67.1 Å². The Morgan fingerprint density at radius 1 is 0.429 bits per heavy atom. The molecule has 0 saturated heterocycles. The molecule has 4 aromatic rings. The third-order valence-corrected chi connectivity index (χ3v) is 8.81. The van der Waals surface area contributed by atoms with Crippen molar-refractivity contribution in [3.05, 3.63) is 119 Å². The summed E-state index contributed by atoms with van der Waals surface area (Å²) in [5.74, 6) is 13.8. The van der Waals surface area contributed by atoms with Crippen LogP contribution in [0.25, 0.3) is 0 Å². The highest BCUT2D eigenvalue weighted by atomic mass is 16.6. The molecule has 0 radical (unpaired) electrons. The van der Waals surface area contributed by atoms with Gasteiger partial charge in [0.15, 0.2) is 0 Å². The number of ether oxygens (including phenoxy) is 8. The fourth-order valence-corrected chi connectivity index (χ4v) is 5.66. The first-order valence-electron chi connectivity index (χ1n) is 18.8. The van der Waals surface area contributed by atoms with Crippen LogP contribution < -0.4 is 18.9 Å². The molecule has 0 heterocycles. The molecule has 4 aromatic carbocycles. The molecule has 10 heteroatoms. The van der Waals surface area contributed by atoms with Crippen molar-refractivity contribution in [3.8, 4) is 46.7 Å². The van der Waals surface area contributed by atoms with Gasteiger partial charge in [0, 0.05) is 36.5 Å². The molecular formula is C46H48O10. The Kier molecular flexibility index (Phi) is 17.3. The number of carbonyl (C=O) groups excluding carboxylic acids is 2. The Hall–Kier alpha value is -5.62. The Bertz CT molecular complexity index is 1760. The van der Waals surface area contributed by atoms with E-state index >= 15 is 0 Å². The fraction of sp³-hybridized carbons (Fsp3) is 0.348. The van der Waals surface area contributed by atoms with Crippen molar-refractivity contribution in [2.45, 2.75) is 25.7 Å². The van der Waals surface area contributed by atoms with Gasteiger partial charge in [-0.15, -0.1) is 0 Å². The van der Waals surface area contributed by atoms with Crippen molar-refractivity contribution in [2.24, 2.45) is 11.8 Å². The second kappa shape index (κ2) is 23.3. The Morgan fingerprint density at radius 3 is 1.02 bits per heavy atom. The molecule has 1 fully saturated rings. The minimum absolute atomic E-state index is 0.277. The molecule has 0 atom stereocenters. The van der Waals surface area contributed by atoms with E-state index in [4.69, 9.17) is 37.9 Å². The lowest BCUT2D eigenvalue weighted by Crippen LogP contribution is -2.30. The Labute approximate surface area is 329 Å². The molecule has 5 rings (SSSR count). The predicted octanol–water partition coefficient (Wildman–Crippen LogP) is 6.89. The standard InChI is InChI=1S/C46H48O10/c1-49-27-29-51-31-33-53-41-19-7-35(8-20-41)3-5-37-11-23-43(24-12-37)55-45(47)39-15-17-40(18-16-39)46(48)56-44-25-13-38(14-26-44)6-4-36-9-21-42(22-10-36)54-34-32-52-30-28-50-2/h7-14,19-26,39-40H,15-18,27-34H2,1-2H3. The molecule has 0 N–H and O–H groups in total. The van der Waals surface area contributed by atoms with Gasteiger partial charge in [0.25, 0.3) is 0 Å². The van der Waals surface area contributed by atoms with Crippen LogP contribution >= 0.6 is 0 Å². The normalized spacial score (nSPS) is 14.7. The third-order valence-electron chi connectivity index (χ3n) is 8.81. The van der Waals surface area contributed by atoms with Crippen molar-refractivity contribution < 1.29 is 47.5 Å². The van der Waals surface area contributed by atoms with E-state index in [-0.39, 0.29) is 23.8 Å². The predicted molar refractivity (Wildman–Crippen MR) is 211 cm³/mol. The molecular weight excluding hydrogens is 712 g/mol. The van der Waals surface area contributed by atoms with Gasteiger partial charge < -0.3 is 37.9 Å². The summed E-state index contributed by atoms with van der Waals surface area (Å²) in [4.78, 5) is 25.9. The first-order valence-corrected chi connectivity index (χ1v) is 18.8. The van der Waals surface area contributed by atoms with E-state index in [1.54, 1.807) is 38.5 Å². The second-order valence-corrected chi connectivity index (χ2v) is 12.9. The summed E-state index contributed by atoms with van der Waals surface area (Å²) >= 11 is 0. The van der Waals surface area contributed by atoms with Gasteiger partial charge in [0.1, 0.15) is 36.2 Å². The summed E-state index contributed by atoms with van der Waals surface area (Å²) in [5.41, 5.74) is 3.30. The highest BCUT2D eigenvalue weighted by Crippen LogP contribution is 2.31. The van der Waals surface area contributed by atoms with Crippen LogP contribution in [-0.4, -0.2) is 79.0 Å². The van der Waals surface area contributed by atoms with Crippen LogP contribution in [0.15, 0.2) is 97.1 Å². The van der Waals surface area contributed by atoms with Gasteiger partial charge in [-0.3, -0.25) is 9.59 Å². The molecule has 0 bridgehead atoms. The maximum Gasteiger partial charge on any atom is 0.314 e. The number of rotatable bonds is 18. The average Bonchev–Trinajstić information content (AvgIpc) is 3.23. The smallest absolute Gasteiger partial charge is 0.314 e. The van der Waals surface area contributed by atoms with Crippen LogP contribution in [0.2, 0.25) is 0 Å². The van der Waals surface area contributed by atoms with Gasteiger partial charge in [-0.1, -0.05) is 23.7 Å². The molecule has 10 nitrogen and oxygen atoms in total. The number of esters is 2. The number of methoxy groups -OCH3 is 2. The summed E-state index contributed by atoms with van der Waals surface area (Å²) in [5, 5.41) is 0. The molecule has 0 aliphatic heterocycles. The minimum atomic E-state index is -0.292. The highest BCUT2D eigenvalue weighted by molar-refractivity contribution is 5.78. The zero-order chi connectivity index (χ0) is 39.2. The SMILES string of the molecule is COCCOCCOc1ccc(C#Cc2ccc(OC(=O)C3CCC(C(=O)Oc4ccc(C#Cc5ccc(OCCOCCOC)cc5)cc4)CC3)cc2)cc1. The van der Waals surface area contributed by atoms with Crippen LogP contribution in [-0.2, 0) is 28.5 Å². The molecule has 1 saturated carbocycles. The molecule has 0 aromatic heterocycles. The number of hydrogen-bond acceptors (Lipinski definition) is 10. The van der Waals surface area contributed by atoms with E-state index in [0.717, 1.165) is 33.8 Å².